The first-order valence-electron chi connectivity index (χ1n) is 10.3. The van der Waals surface area contributed by atoms with Crippen molar-refractivity contribution in [1.29, 1.82) is 0 Å². The highest BCUT2D eigenvalue weighted by Gasteiger charge is 2.56. The number of hydrogen-bond donors (Lipinski definition) is 4. The summed E-state index contributed by atoms with van der Waals surface area (Å²) in [6.07, 6.45) is -5.12. The van der Waals surface area contributed by atoms with Crippen LogP contribution >= 0.6 is 11.6 Å². The largest absolute Gasteiger partial charge is 0.493 e. The fraction of sp³-hybridized carbons (Fsp3) is 0.455. The van der Waals surface area contributed by atoms with E-state index in [4.69, 9.17) is 16.3 Å². The van der Waals surface area contributed by atoms with Crippen molar-refractivity contribution < 1.29 is 32.6 Å². The third kappa shape index (κ3) is 4.41. The number of benzene rings is 1. The van der Waals surface area contributed by atoms with Crippen molar-refractivity contribution in [2.24, 2.45) is 0 Å². The molecule has 0 fully saturated rings. The molecule has 0 spiro atoms. The van der Waals surface area contributed by atoms with Gasteiger partial charge in [-0.25, -0.2) is 0 Å². The fourth-order valence-electron chi connectivity index (χ4n) is 4.44. The Kier molecular flexibility index (Phi) is 5.65. The normalized spacial score (nSPS) is 17.7. The van der Waals surface area contributed by atoms with Crippen molar-refractivity contribution >= 4 is 29.2 Å². The van der Waals surface area contributed by atoms with Crippen LogP contribution in [-0.2, 0) is 23.1 Å². The molecule has 0 aliphatic carbocycles. The quantitative estimate of drug-likeness (QED) is 0.469. The molecule has 3 heterocycles. The molecule has 1 unspecified atom stereocenters. The maximum absolute atomic E-state index is 14.1. The minimum atomic E-state index is -4.96. The molecule has 11 heteroatoms. The molecule has 1 atom stereocenters. The summed E-state index contributed by atoms with van der Waals surface area (Å²) < 4.78 is 47.9. The molecule has 33 heavy (non-hydrogen) atoms. The average molecular weight is 486 g/mol. The van der Waals surface area contributed by atoms with Gasteiger partial charge in [0.05, 0.1) is 25.1 Å². The Morgan fingerprint density at radius 2 is 1.94 bits per heavy atom. The Bertz CT molecular complexity index is 1130. The van der Waals surface area contributed by atoms with Crippen molar-refractivity contribution in [1.82, 2.24) is 10.3 Å². The van der Waals surface area contributed by atoms with Crippen LogP contribution in [0.5, 0.6) is 5.75 Å². The van der Waals surface area contributed by atoms with Crippen LogP contribution in [0.2, 0.25) is 5.02 Å². The highest BCUT2D eigenvalue weighted by Crippen LogP contribution is 2.46. The number of halogens is 4. The van der Waals surface area contributed by atoms with Crippen LogP contribution in [0.25, 0.3) is 0 Å². The van der Waals surface area contributed by atoms with E-state index in [0.717, 1.165) is 5.56 Å². The number of fused-ring (bicyclic) bond motifs is 2. The van der Waals surface area contributed by atoms with Crippen molar-refractivity contribution in [2.75, 3.05) is 18.5 Å². The number of rotatable bonds is 6. The molecule has 4 rings (SSSR count). The molecule has 0 radical (unpaired) electrons. The number of aromatic nitrogens is 1. The van der Waals surface area contributed by atoms with Crippen molar-refractivity contribution in [2.45, 2.75) is 50.3 Å². The molecule has 2 aromatic rings. The summed E-state index contributed by atoms with van der Waals surface area (Å²) in [5.41, 5.74) is -2.48. The Hall–Kier alpha value is -2.72. The van der Waals surface area contributed by atoms with Crippen molar-refractivity contribution in [3.63, 3.8) is 0 Å². The zero-order valence-corrected chi connectivity index (χ0v) is 18.7. The lowest BCUT2D eigenvalue weighted by molar-refractivity contribution is -0.260. The van der Waals surface area contributed by atoms with E-state index in [2.05, 4.69) is 15.6 Å². The lowest BCUT2D eigenvalue weighted by Gasteiger charge is -2.38. The van der Waals surface area contributed by atoms with Crippen LogP contribution in [0.3, 0.4) is 0 Å². The van der Waals surface area contributed by atoms with Gasteiger partial charge in [-0.3, -0.25) is 14.9 Å². The van der Waals surface area contributed by atoms with Gasteiger partial charge in [0, 0.05) is 22.7 Å². The number of hydrogen-bond acceptors (Lipinski definition) is 5. The third-order valence-corrected chi connectivity index (χ3v) is 6.26. The number of anilines is 1. The molecule has 2 aliphatic rings. The second-order valence-corrected chi connectivity index (χ2v) is 9.55. The zero-order chi connectivity index (χ0) is 24.2. The number of imide groups is 1. The molecule has 2 amide bonds. The molecule has 0 bridgehead atoms. The van der Waals surface area contributed by atoms with E-state index in [1.807, 2.05) is 0 Å². The molecule has 0 saturated carbocycles. The van der Waals surface area contributed by atoms with Gasteiger partial charge in [0.15, 0.2) is 5.60 Å². The topological polar surface area (TPSA) is 103 Å². The smallest absolute Gasteiger partial charge is 0.418 e. The standard InChI is InChI=1S/C22H23ClF3N3O4/c1-20(2,14-6-12(23)5-11-3-4-33-18(11)14)9-21(32,22(24,25)26)10-27-16-7-13-15(28-16)8-17(30)29-19(13)31/h5-7,27-28,32H,3-4,8-10H2,1-2H3,(H,29,30,31). The number of alkyl halides is 3. The van der Waals surface area contributed by atoms with E-state index in [1.54, 1.807) is 26.0 Å². The van der Waals surface area contributed by atoms with Gasteiger partial charge in [-0.15, -0.1) is 0 Å². The summed E-state index contributed by atoms with van der Waals surface area (Å²) in [7, 11) is 0. The number of nitrogens with one attached hydrogen (secondary N) is 3. The Balaban J connectivity index is 1.59. The molecule has 178 valence electrons. The Morgan fingerprint density at radius 3 is 2.64 bits per heavy atom. The first-order chi connectivity index (χ1) is 15.3. The van der Waals surface area contributed by atoms with E-state index in [1.165, 1.54) is 6.07 Å². The molecule has 7 nitrogen and oxygen atoms in total. The predicted octanol–water partition coefficient (Wildman–Crippen LogP) is 3.49. The number of H-pyrrole nitrogens is 1. The molecule has 0 saturated heterocycles. The van der Waals surface area contributed by atoms with E-state index < -0.39 is 42.0 Å². The van der Waals surface area contributed by atoms with Crippen LogP contribution in [0.4, 0.5) is 19.0 Å². The zero-order valence-electron chi connectivity index (χ0n) is 18.0. The van der Waals surface area contributed by atoms with Gasteiger partial charge in [-0.2, -0.15) is 13.2 Å². The Morgan fingerprint density at radius 1 is 1.21 bits per heavy atom. The van der Waals surface area contributed by atoms with Crippen LogP contribution in [0, 0.1) is 0 Å². The van der Waals surface area contributed by atoms with Crippen LogP contribution < -0.4 is 15.4 Å². The summed E-state index contributed by atoms with van der Waals surface area (Å²) in [4.78, 5) is 26.2. The number of carbonyl (C=O) groups is 2. The molecule has 1 aromatic carbocycles. The second kappa shape index (κ2) is 7.95. The van der Waals surface area contributed by atoms with E-state index >= 15 is 0 Å². The summed E-state index contributed by atoms with van der Waals surface area (Å²) >= 11 is 6.20. The molecular formula is C22H23ClF3N3O4. The molecule has 2 aliphatic heterocycles. The average Bonchev–Trinajstić information content (AvgIpc) is 3.31. The highest BCUT2D eigenvalue weighted by molar-refractivity contribution is 6.30. The number of ether oxygens (including phenoxy) is 1. The van der Waals surface area contributed by atoms with Crippen LogP contribution in [-0.4, -0.2) is 46.8 Å². The first kappa shape index (κ1) is 23.4. The predicted molar refractivity (Wildman–Crippen MR) is 115 cm³/mol. The summed E-state index contributed by atoms with van der Waals surface area (Å²) in [6.45, 7) is 2.73. The van der Waals surface area contributed by atoms with Gasteiger partial charge in [0.25, 0.3) is 5.91 Å². The number of aliphatic hydroxyl groups is 1. The van der Waals surface area contributed by atoms with Crippen molar-refractivity contribution in [3.8, 4) is 5.75 Å². The number of carbonyl (C=O) groups excluding carboxylic acids is 2. The van der Waals surface area contributed by atoms with Crippen LogP contribution in [0.15, 0.2) is 18.2 Å². The van der Waals surface area contributed by atoms with Crippen LogP contribution in [0.1, 0.15) is 47.4 Å². The number of amides is 2. The highest BCUT2D eigenvalue weighted by atomic mass is 35.5. The monoisotopic (exact) mass is 485 g/mol. The van der Waals surface area contributed by atoms with E-state index in [0.29, 0.717) is 35.1 Å². The Labute approximate surface area is 192 Å². The van der Waals surface area contributed by atoms with Gasteiger partial charge in [0.2, 0.25) is 5.91 Å². The third-order valence-electron chi connectivity index (χ3n) is 6.05. The summed E-state index contributed by atoms with van der Waals surface area (Å²) in [5.74, 6) is -0.537. The van der Waals surface area contributed by atoms with Gasteiger partial charge in [0.1, 0.15) is 11.6 Å². The lowest BCUT2D eigenvalue weighted by atomic mass is 9.74. The van der Waals surface area contributed by atoms with Gasteiger partial charge in [-0.1, -0.05) is 25.4 Å². The summed E-state index contributed by atoms with van der Waals surface area (Å²) in [6, 6.07) is 4.62. The SMILES string of the molecule is CC(C)(CC(O)(CNc1cc2c([nH]1)CC(=O)NC2=O)C(F)(F)F)c1cc(Cl)cc2c1OCC2. The lowest BCUT2D eigenvalue weighted by Crippen LogP contribution is -2.53. The molecular weight excluding hydrogens is 463 g/mol. The minimum Gasteiger partial charge on any atom is -0.493 e. The minimum absolute atomic E-state index is 0.0947. The molecule has 4 N–H and O–H groups in total. The van der Waals surface area contributed by atoms with Gasteiger partial charge >= 0.3 is 6.18 Å². The van der Waals surface area contributed by atoms with Gasteiger partial charge < -0.3 is 20.1 Å². The first-order valence-corrected chi connectivity index (χ1v) is 10.7. The fourth-order valence-corrected chi connectivity index (χ4v) is 4.68. The maximum atomic E-state index is 14.1. The maximum Gasteiger partial charge on any atom is 0.418 e. The van der Waals surface area contributed by atoms with Gasteiger partial charge in [-0.05, 0) is 35.6 Å². The van der Waals surface area contributed by atoms with Crippen molar-refractivity contribution in [3.05, 3.63) is 45.6 Å². The second-order valence-electron chi connectivity index (χ2n) is 9.11. The summed E-state index contributed by atoms with van der Waals surface area (Å²) in [5, 5.41) is 15.9. The molecule has 1 aromatic heterocycles. The number of aromatic amines is 1. The van der Waals surface area contributed by atoms with E-state index in [9.17, 15) is 27.9 Å². The van der Waals surface area contributed by atoms with E-state index in [-0.39, 0.29) is 17.8 Å².